The fourth-order valence-corrected chi connectivity index (χ4v) is 3.43. The fourth-order valence-electron chi connectivity index (χ4n) is 3.43. The summed E-state index contributed by atoms with van der Waals surface area (Å²) in [6.07, 6.45) is 5.35. The number of aryl methyl sites for hydroxylation is 1. The molecule has 18 heavy (non-hydrogen) atoms. The monoisotopic (exact) mass is 250 g/mol. The van der Waals surface area contributed by atoms with Crippen molar-refractivity contribution >= 4 is 0 Å². The van der Waals surface area contributed by atoms with Crippen LogP contribution in [0.4, 0.5) is 0 Å². The van der Waals surface area contributed by atoms with Crippen molar-refractivity contribution in [1.82, 2.24) is 20.5 Å². The molecule has 0 aliphatic carbocycles. The third-order valence-electron chi connectivity index (χ3n) is 4.42. The Labute approximate surface area is 108 Å². The Balaban J connectivity index is 1.65. The molecule has 0 aromatic carbocycles. The Morgan fingerprint density at radius 1 is 1.33 bits per heavy atom. The minimum atomic E-state index is 0.502. The molecule has 2 saturated heterocycles. The molecule has 0 amide bonds. The van der Waals surface area contributed by atoms with Gasteiger partial charge in [-0.1, -0.05) is 10.3 Å². The third-order valence-corrected chi connectivity index (χ3v) is 4.42. The normalized spacial score (nSPS) is 29.8. The Bertz CT molecular complexity index is 392. The molecule has 3 heterocycles. The van der Waals surface area contributed by atoms with Gasteiger partial charge in [0.2, 0.25) is 0 Å². The molecule has 100 valence electrons. The predicted octanol–water partition coefficient (Wildman–Crippen LogP) is 1.34. The molecule has 1 aromatic rings. The molecule has 2 aliphatic heterocycles. The quantitative estimate of drug-likeness (QED) is 0.858. The zero-order chi connectivity index (χ0) is 12.4. The van der Waals surface area contributed by atoms with E-state index >= 15 is 0 Å². The second kappa shape index (κ2) is 4.97. The van der Waals surface area contributed by atoms with Crippen LogP contribution in [0.1, 0.15) is 37.1 Å². The van der Waals surface area contributed by atoms with Crippen LogP contribution >= 0.6 is 0 Å². The first-order valence-corrected chi connectivity index (χ1v) is 6.99. The summed E-state index contributed by atoms with van der Waals surface area (Å²) in [4.78, 5) is 2.52. The van der Waals surface area contributed by atoms with Gasteiger partial charge in [-0.05, 0) is 51.1 Å². The van der Waals surface area contributed by atoms with E-state index in [1.807, 2.05) is 6.92 Å². The van der Waals surface area contributed by atoms with E-state index in [1.165, 1.54) is 51.9 Å². The Hall–Kier alpha value is -0.940. The van der Waals surface area contributed by atoms with Crippen LogP contribution in [0.2, 0.25) is 0 Å². The standard InChI is InChI=1S/C13H22N4O/c1-11-12(16-18-15-11)8-17-7-3-5-13(10-17)4-2-6-14-9-13/h14H,2-10H2,1H3. The number of nitrogens with zero attached hydrogens (tertiary/aromatic N) is 3. The fraction of sp³-hybridized carbons (Fsp3) is 0.846. The van der Waals surface area contributed by atoms with E-state index in [0.717, 1.165) is 17.9 Å². The smallest absolute Gasteiger partial charge is 0.122 e. The Morgan fingerprint density at radius 2 is 2.22 bits per heavy atom. The SMILES string of the molecule is Cc1nonc1CN1CCCC2(CCCNC2)C1. The van der Waals surface area contributed by atoms with Gasteiger partial charge < -0.3 is 5.32 Å². The van der Waals surface area contributed by atoms with Crippen molar-refractivity contribution in [2.45, 2.75) is 39.2 Å². The van der Waals surface area contributed by atoms with Gasteiger partial charge in [0.15, 0.2) is 0 Å². The van der Waals surface area contributed by atoms with Crippen molar-refractivity contribution in [2.24, 2.45) is 5.41 Å². The summed E-state index contributed by atoms with van der Waals surface area (Å²) in [6, 6.07) is 0. The van der Waals surface area contributed by atoms with E-state index in [1.54, 1.807) is 0 Å². The van der Waals surface area contributed by atoms with Crippen LogP contribution < -0.4 is 5.32 Å². The van der Waals surface area contributed by atoms with Crippen LogP contribution in [0.25, 0.3) is 0 Å². The molecule has 1 spiro atoms. The second-order valence-electron chi connectivity index (χ2n) is 5.89. The average molecular weight is 250 g/mol. The lowest BCUT2D eigenvalue weighted by Crippen LogP contribution is -2.50. The van der Waals surface area contributed by atoms with Crippen molar-refractivity contribution < 1.29 is 4.63 Å². The number of piperidine rings is 2. The first kappa shape index (κ1) is 12.1. The van der Waals surface area contributed by atoms with E-state index < -0.39 is 0 Å². The summed E-state index contributed by atoms with van der Waals surface area (Å²) >= 11 is 0. The van der Waals surface area contributed by atoms with Crippen molar-refractivity contribution in [3.63, 3.8) is 0 Å². The van der Waals surface area contributed by atoms with Crippen LogP contribution in [-0.4, -0.2) is 41.4 Å². The molecule has 0 saturated carbocycles. The maximum absolute atomic E-state index is 4.78. The molecule has 1 unspecified atom stereocenters. The van der Waals surface area contributed by atoms with Gasteiger partial charge in [-0.2, -0.15) is 0 Å². The van der Waals surface area contributed by atoms with Gasteiger partial charge in [-0.3, -0.25) is 4.90 Å². The third kappa shape index (κ3) is 2.42. The van der Waals surface area contributed by atoms with Crippen LogP contribution in [0, 0.1) is 12.3 Å². The molecule has 0 bridgehead atoms. The summed E-state index contributed by atoms with van der Waals surface area (Å²) in [6.45, 7) is 7.58. The van der Waals surface area contributed by atoms with E-state index in [0.29, 0.717) is 5.41 Å². The summed E-state index contributed by atoms with van der Waals surface area (Å²) in [7, 11) is 0. The molecule has 1 N–H and O–H groups in total. The average Bonchev–Trinajstić information content (AvgIpc) is 2.76. The largest absolute Gasteiger partial charge is 0.316 e. The van der Waals surface area contributed by atoms with Gasteiger partial charge in [0.1, 0.15) is 11.4 Å². The summed E-state index contributed by atoms with van der Waals surface area (Å²) in [5.74, 6) is 0. The van der Waals surface area contributed by atoms with Gasteiger partial charge in [0.25, 0.3) is 0 Å². The van der Waals surface area contributed by atoms with E-state index in [4.69, 9.17) is 4.63 Å². The van der Waals surface area contributed by atoms with E-state index in [-0.39, 0.29) is 0 Å². The maximum atomic E-state index is 4.78. The molecule has 3 rings (SSSR count). The molecule has 2 fully saturated rings. The summed E-state index contributed by atoms with van der Waals surface area (Å²) in [5, 5.41) is 11.4. The highest BCUT2D eigenvalue weighted by Crippen LogP contribution is 2.36. The predicted molar refractivity (Wildman–Crippen MR) is 68.1 cm³/mol. The van der Waals surface area contributed by atoms with Crippen molar-refractivity contribution in [2.75, 3.05) is 26.2 Å². The van der Waals surface area contributed by atoms with Gasteiger partial charge in [0.05, 0.1) is 0 Å². The van der Waals surface area contributed by atoms with Crippen molar-refractivity contribution in [3.05, 3.63) is 11.4 Å². The Morgan fingerprint density at radius 3 is 2.94 bits per heavy atom. The first-order valence-electron chi connectivity index (χ1n) is 6.99. The van der Waals surface area contributed by atoms with Crippen LogP contribution in [0.3, 0.4) is 0 Å². The highest BCUT2D eigenvalue weighted by molar-refractivity contribution is 5.05. The molecular formula is C13H22N4O. The zero-order valence-corrected chi connectivity index (χ0v) is 11.1. The van der Waals surface area contributed by atoms with Gasteiger partial charge in [-0.25, -0.2) is 4.63 Å². The Kier molecular flexibility index (Phi) is 3.35. The minimum absolute atomic E-state index is 0.502. The van der Waals surface area contributed by atoms with Gasteiger partial charge in [0, 0.05) is 19.6 Å². The van der Waals surface area contributed by atoms with E-state index in [2.05, 4.69) is 20.5 Å². The molecule has 2 aliphatic rings. The van der Waals surface area contributed by atoms with Crippen molar-refractivity contribution in [1.29, 1.82) is 0 Å². The summed E-state index contributed by atoms with van der Waals surface area (Å²) in [5.41, 5.74) is 2.42. The van der Waals surface area contributed by atoms with Gasteiger partial charge >= 0.3 is 0 Å². The lowest BCUT2D eigenvalue weighted by atomic mass is 9.74. The highest BCUT2D eigenvalue weighted by Gasteiger charge is 2.36. The van der Waals surface area contributed by atoms with Crippen molar-refractivity contribution in [3.8, 4) is 0 Å². The molecule has 5 heteroatoms. The minimum Gasteiger partial charge on any atom is -0.316 e. The number of nitrogens with one attached hydrogen (secondary N) is 1. The second-order valence-corrected chi connectivity index (χ2v) is 5.89. The molecular weight excluding hydrogens is 228 g/mol. The topological polar surface area (TPSA) is 54.2 Å². The molecule has 1 aromatic heterocycles. The number of hydrogen-bond acceptors (Lipinski definition) is 5. The van der Waals surface area contributed by atoms with Crippen LogP contribution in [0.5, 0.6) is 0 Å². The highest BCUT2D eigenvalue weighted by atomic mass is 16.6. The molecule has 5 nitrogen and oxygen atoms in total. The number of likely N-dealkylation sites (tertiary alicyclic amines) is 1. The van der Waals surface area contributed by atoms with Crippen LogP contribution in [-0.2, 0) is 6.54 Å². The number of rotatable bonds is 2. The summed E-state index contributed by atoms with van der Waals surface area (Å²) < 4.78 is 4.78. The lowest BCUT2D eigenvalue weighted by molar-refractivity contribution is 0.0586. The zero-order valence-electron chi connectivity index (χ0n) is 11.1. The maximum Gasteiger partial charge on any atom is 0.122 e. The molecule has 1 atom stereocenters. The van der Waals surface area contributed by atoms with E-state index in [9.17, 15) is 0 Å². The van der Waals surface area contributed by atoms with Gasteiger partial charge in [-0.15, -0.1) is 0 Å². The number of hydrogen-bond donors (Lipinski definition) is 1. The molecule has 0 radical (unpaired) electrons. The number of aromatic nitrogens is 2. The lowest BCUT2D eigenvalue weighted by Gasteiger charge is -2.45. The van der Waals surface area contributed by atoms with Crippen LogP contribution in [0.15, 0.2) is 4.63 Å². The first-order chi connectivity index (χ1) is 8.77.